The monoisotopic (exact) mass is 450 g/mol. The Morgan fingerprint density at radius 3 is 2.28 bits per heavy atom. The molecule has 5 nitrogen and oxygen atoms in total. The quantitative estimate of drug-likeness (QED) is 0.422. The van der Waals surface area contributed by atoms with Crippen LogP contribution in [0.3, 0.4) is 0 Å². The molecule has 1 aliphatic heterocycles. The van der Waals surface area contributed by atoms with Gasteiger partial charge in [0.2, 0.25) is 0 Å². The van der Waals surface area contributed by atoms with Crippen molar-refractivity contribution in [3.8, 4) is 5.75 Å². The third kappa shape index (κ3) is 7.04. The number of piperidine rings is 1. The van der Waals surface area contributed by atoms with Crippen molar-refractivity contribution in [1.82, 2.24) is 4.90 Å². The highest BCUT2D eigenvalue weighted by atomic mass is 19.4. The van der Waals surface area contributed by atoms with Crippen LogP contribution in [0.15, 0.2) is 48.5 Å². The van der Waals surface area contributed by atoms with E-state index in [9.17, 15) is 22.4 Å². The zero-order chi connectivity index (χ0) is 23.1. The molecule has 3 rings (SSSR count). The fraction of sp³-hybridized carbons (Fsp3) is 0.391. The van der Waals surface area contributed by atoms with Gasteiger partial charge in [0.15, 0.2) is 5.78 Å². The van der Waals surface area contributed by atoms with E-state index in [-0.39, 0.29) is 36.5 Å². The van der Waals surface area contributed by atoms with E-state index in [1.54, 1.807) is 12.1 Å². The van der Waals surface area contributed by atoms with Crippen LogP contribution in [0.2, 0.25) is 0 Å². The molecule has 1 heterocycles. The Kier molecular flexibility index (Phi) is 7.83. The lowest BCUT2D eigenvalue weighted by Gasteiger charge is -2.32. The van der Waals surface area contributed by atoms with Crippen molar-refractivity contribution in [2.75, 3.05) is 19.7 Å². The van der Waals surface area contributed by atoms with Gasteiger partial charge in [-0.3, -0.25) is 9.64 Å². The first-order valence-corrected chi connectivity index (χ1v) is 10.1. The van der Waals surface area contributed by atoms with Gasteiger partial charge in [0.1, 0.15) is 18.2 Å². The number of hydrogen-bond donors (Lipinski definition) is 0. The summed E-state index contributed by atoms with van der Waals surface area (Å²) in [5.74, 6) is -0.783. The molecule has 0 aliphatic carbocycles. The number of alkyl halides is 3. The van der Waals surface area contributed by atoms with Crippen LogP contribution < -0.4 is 4.74 Å². The second kappa shape index (κ2) is 10.6. The van der Waals surface area contributed by atoms with Crippen LogP contribution >= 0.6 is 0 Å². The summed E-state index contributed by atoms with van der Waals surface area (Å²) in [5, 5.41) is 0. The number of carbonyl (C=O) groups excluding carboxylic acids is 1. The van der Waals surface area contributed by atoms with E-state index in [1.807, 2.05) is 4.90 Å². The Morgan fingerprint density at radius 2 is 1.72 bits per heavy atom. The number of rotatable bonds is 8. The van der Waals surface area contributed by atoms with Crippen LogP contribution in [0.4, 0.5) is 17.6 Å². The first-order valence-electron chi connectivity index (χ1n) is 10.1. The number of benzene rings is 2. The van der Waals surface area contributed by atoms with Crippen LogP contribution in [0, 0.1) is 12.4 Å². The van der Waals surface area contributed by atoms with Crippen LogP contribution in [-0.4, -0.2) is 42.8 Å². The van der Waals surface area contributed by atoms with Gasteiger partial charge in [0.05, 0.1) is 11.7 Å². The number of ether oxygens (including phenoxy) is 2. The van der Waals surface area contributed by atoms with E-state index in [4.69, 9.17) is 11.3 Å². The first kappa shape index (κ1) is 23.7. The van der Waals surface area contributed by atoms with Gasteiger partial charge < -0.3 is 9.47 Å². The van der Waals surface area contributed by atoms with Gasteiger partial charge >= 0.3 is 12.5 Å². The maximum Gasteiger partial charge on any atom is 0.573 e. The molecule has 1 fully saturated rings. The average Bonchev–Trinajstić information content (AvgIpc) is 2.75. The number of nitrogens with zero attached hydrogens (tertiary/aromatic N) is 2. The molecule has 0 aromatic heterocycles. The van der Waals surface area contributed by atoms with E-state index in [2.05, 4.69) is 9.58 Å². The Morgan fingerprint density at radius 1 is 1.09 bits per heavy atom. The molecule has 9 heteroatoms. The Balaban J connectivity index is 1.46. The van der Waals surface area contributed by atoms with Crippen molar-refractivity contribution >= 4 is 5.78 Å². The molecule has 1 unspecified atom stereocenters. The van der Waals surface area contributed by atoms with Crippen molar-refractivity contribution in [2.45, 2.75) is 37.9 Å². The fourth-order valence-corrected chi connectivity index (χ4v) is 3.59. The summed E-state index contributed by atoms with van der Waals surface area (Å²) < 4.78 is 59.4. The zero-order valence-electron chi connectivity index (χ0n) is 17.1. The maximum atomic E-state index is 12.9. The van der Waals surface area contributed by atoms with Gasteiger partial charge in [-0.15, -0.1) is 13.2 Å². The second-order valence-electron chi connectivity index (χ2n) is 7.51. The van der Waals surface area contributed by atoms with E-state index >= 15 is 0 Å². The lowest BCUT2D eigenvalue weighted by Crippen LogP contribution is -2.39. The molecule has 0 saturated carbocycles. The Hall–Kier alpha value is -2.96. The summed E-state index contributed by atoms with van der Waals surface area (Å²) in [6.07, 6.45) is -4.06. The summed E-state index contributed by atoms with van der Waals surface area (Å²) in [6, 6.07) is 11.1. The molecule has 0 amide bonds. The van der Waals surface area contributed by atoms with Gasteiger partial charge in [-0.1, -0.05) is 12.1 Å². The summed E-state index contributed by atoms with van der Waals surface area (Å²) in [5.41, 5.74) is 1.31. The molecule has 0 spiro atoms. The standard InChI is InChI=1S/C23H22F4N2O3/c1-28-22(17-4-8-21(9-5-17)32-23(25,26)27)29-12-10-20(11-13-29)31-15-19(30)14-16-2-6-18(24)7-3-16/h2-9,20,22H,10-15H2. The van der Waals surface area contributed by atoms with Crippen molar-refractivity contribution in [3.05, 3.63) is 76.9 Å². The Labute approximate surface area is 183 Å². The molecule has 0 bridgehead atoms. The minimum Gasteiger partial charge on any atom is -0.406 e. The SMILES string of the molecule is [C-]#[N+]C(c1ccc(OC(F)(F)F)cc1)N1CCC(OCC(=O)Cc2ccc(F)cc2)CC1. The molecule has 2 aromatic rings. The van der Waals surface area contributed by atoms with Gasteiger partial charge in [-0.05, 0) is 54.8 Å². The smallest absolute Gasteiger partial charge is 0.406 e. The average molecular weight is 450 g/mol. The lowest BCUT2D eigenvalue weighted by molar-refractivity contribution is -0.274. The minimum atomic E-state index is -4.76. The molecular weight excluding hydrogens is 428 g/mol. The number of ketones is 1. The number of likely N-dealkylation sites (tertiary alicyclic amines) is 1. The lowest BCUT2D eigenvalue weighted by atomic mass is 10.0. The van der Waals surface area contributed by atoms with Crippen LogP contribution in [0.25, 0.3) is 4.85 Å². The molecule has 0 radical (unpaired) electrons. The topological polar surface area (TPSA) is 43.1 Å². The van der Waals surface area contributed by atoms with Crippen molar-refractivity contribution < 1.29 is 31.8 Å². The van der Waals surface area contributed by atoms with Gasteiger partial charge in [0, 0.05) is 19.5 Å². The summed E-state index contributed by atoms with van der Waals surface area (Å²) in [4.78, 5) is 17.7. The van der Waals surface area contributed by atoms with Crippen LogP contribution in [0.5, 0.6) is 5.75 Å². The predicted octanol–water partition coefficient (Wildman–Crippen LogP) is 4.93. The third-order valence-corrected chi connectivity index (χ3v) is 5.15. The molecule has 170 valence electrons. The molecule has 1 aliphatic rings. The highest BCUT2D eigenvalue weighted by Crippen LogP contribution is 2.29. The number of carbonyl (C=O) groups is 1. The minimum absolute atomic E-state index is 0.0328. The normalized spacial score (nSPS) is 16.3. The summed E-state index contributed by atoms with van der Waals surface area (Å²) in [7, 11) is 0. The summed E-state index contributed by atoms with van der Waals surface area (Å²) >= 11 is 0. The largest absolute Gasteiger partial charge is 0.573 e. The number of hydrogen-bond acceptors (Lipinski definition) is 4. The van der Waals surface area contributed by atoms with E-state index < -0.39 is 12.5 Å². The molecular formula is C23H22F4N2O3. The third-order valence-electron chi connectivity index (χ3n) is 5.15. The highest BCUT2D eigenvalue weighted by molar-refractivity contribution is 5.82. The summed E-state index contributed by atoms with van der Waals surface area (Å²) in [6.45, 7) is 8.60. The Bertz CT molecular complexity index is 932. The number of Topliss-reactive ketones (excluding diaryl/α,β-unsaturated/α-hetero) is 1. The molecule has 1 atom stereocenters. The van der Waals surface area contributed by atoms with Crippen molar-refractivity contribution in [2.24, 2.45) is 0 Å². The van der Waals surface area contributed by atoms with Crippen molar-refractivity contribution in [1.29, 1.82) is 0 Å². The van der Waals surface area contributed by atoms with Gasteiger partial charge in [-0.25, -0.2) is 15.9 Å². The van der Waals surface area contributed by atoms with Gasteiger partial charge in [0.25, 0.3) is 0 Å². The van der Waals surface area contributed by atoms with Gasteiger partial charge in [-0.2, -0.15) is 0 Å². The predicted molar refractivity (Wildman–Crippen MR) is 108 cm³/mol. The van der Waals surface area contributed by atoms with Crippen LogP contribution in [0.1, 0.15) is 30.1 Å². The van der Waals surface area contributed by atoms with Crippen LogP contribution in [-0.2, 0) is 16.0 Å². The van der Waals surface area contributed by atoms with E-state index in [1.165, 1.54) is 36.4 Å². The molecule has 2 aromatic carbocycles. The molecule has 1 saturated heterocycles. The number of halogens is 4. The first-order chi connectivity index (χ1) is 15.2. The highest BCUT2D eigenvalue weighted by Gasteiger charge is 2.32. The maximum absolute atomic E-state index is 12.9. The second-order valence-corrected chi connectivity index (χ2v) is 7.51. The zero-order valence-corrected chi connectivity index (χ0v) is 17.1. The van der Waals surface area contributed by atoms with Crippen molar-refractivity contribution in [3.63, 3.8) is 0 Å². The fourth-order valence-electron chi connectivity index (χ4n) is 3.59. The molecule has 0 N–H and O–H groups in total. The van der Waals surface area contributed by atoms with E-state index in [0.29, 0.717) is 31.5 Å². The van der Waals surface area contributed by atoms with E-state index in [0.717, 1.165) is 5.56 Å². The molecule has 32 heavy (non-hydrogen) atoms.